The lowest BCUT2D eigenvalue weighted by molar-refractivity contribution is 0.102. The molecule has 6 nitrogen and oxygen atoms in total. The van der Waals surface area contributed by atoms with E-state index in [2.05, 4.69) is 15.4 Å². The molecule has 0 aliphatic rings. The number of carbonyl (C=O) groups excluding carboxylic acids is 1. The molecule has 0 spiro atoms. The third-order valence-electron chi connectivity index (χ3n) is 2.49. The number of carbonyl (C=O) groups is 1. The van der Waals surface area contributed by atoms with Crippen molar-refractivity contribution in [2.75, 3.05) is 11.1 Å². The number of pyridine rings is 1. The average Bonchev–Trinajstić information content (AvgIpc) is 2.70. The second-order valence-corrected chi connectivity index (χ2v) is 3.96. The molecule has 0 atom stereocenters. The summed E-state index contributed by atoms with van der Waals surface area (Å²) in [5.74, 6) is 0.142. The van der Waals surface area contributed by atoms with E-state index in [4.69, 9.17) is 5.73 Å². The average molecular weight is 245 g/mol. The number of nitrogens with zero attached hydrogens (tertiary/aromatic N) is 3. The number of hydrogen-bond acceptors (Lipinski definition) is 4. The molecule has 0 aliphatic heterocycles. The lowest BCUT2D eigenvalue weighted by Crippen LogP contribution is -2.15. The van der Waals surface area contributed by atoms with Gasteiger partial charge in [0, 0.05) is 18.9 Å². The molecule has 0 saturated carbocycles. The molecule has 0 saturated heterocycles. The summed E-state index contributed by atoms with van der Waals surface area (Å²) in [5.41, 5.74) is 7.34. The Labute approximate surface area is 105 Å². The van der Waals surface area contributed by atoms with Gasteiger partial charge >= 0.3 is 0 Å². The topological polar surface area (TPSA) is 85.8 Å². The van der Waals surface area contributed by atoms with Gasteiger partial charge in [-0.3, -0.25) is 9.48 Å². The van der Waals surface area contributed by atoms with E-state index in [-0.39, 0.29) is 11.6 Å². The number of aromatic nitrogens is 3. The van der Waals surface area contributed by atoms with E-state index in [1.165, 1.54) is 0 Å². The maximum atomic E-state index is 12.0. The highest BCUT2D eigenvalue weighted by Gasteiger charge is 2.15. The van der Waals surface area contributed by atoms with Crippen LogP contribution in [-0.4, -0.2) is 20.7 Å². The summed E-state index contributed by atoms with van der Waals surface area (Å²) >= 11 is 0. The molecule has 0 fully saturated rings. The van der Waals surface area contributed by atoms with Crippen LogP contribution >= 0.6 is 0 Å². The molecule has 0 radical (unpaired) electrons. The zero-order chi connectivity index (χ0) is 13.1. The number of rotatable bonds is 3. The van der Waals surface area contributed by atoms with E-state index in [9.17, 15) is 4.79 Å². The van der Waals surface area contributed by atoms with Crippen LogP contribution in [0.2, 0.25) is 0 Å². The van der Waals surface area contributed by atoms with Gasteiger partial charge in [-0.1, -0.05) is 0 Å². The molecule has 0 aromatic carbocycles. The first-order chi connectivity index (χ1) is 8.60. The van der Waals surface area contributed by atoms with E-state index in [1.807, 2.05) is 19.9 Å². The van der Waals surface area contributed by atoms with Gasteiger partial charge in [-0.2, -0.15) is 5.10 Å². The number of amides is 1. The van der Waals surface area contributed by atoms with Crippen molar-refractivity contribution >= 4 is 17.4 Å². The van der Waals surface area contributed by atoms with Crippen LogP contribution in [0.3, 0.4) is 0 Å². The zero-order valence-corrected chi connectivity index (χ0v) is 10.3. The lowest BCUT2D eigenvalue weighted by atomic mass is 10.3. The smallest absolute Gasteiger partial charge is 0.279 e. The van der Waals surface area contributed by atoms with Gasteiger partial charge < -0.3 is 11.1 Å². The minimum Gasteiger partial charge on any atom is -0.396 e. The summed E-state index contributed by atoms with van der Waals surface area (Å²) in [7, 11) is 0. The molecule has 1 amide bonds. The van der Waals surface area contributed by atoms with Crippen LogP contribution in [0.15, 0.2) is 24.5 Å². The quantitative estimate of drug-likeness (QED) is 0.856. The van der Waals surface area contributed by atoms with Crippen molar-refractivity contribution in [3.63, 3.8) is 0 Å². The molecule has 0 aliphatic carbocycles. The van der Waals surface area contributed by atoms with E-state index in [0.717, 1.165) is 5.56 Å². The number of nitrogen functional groups attached to an aromatic ring is 1. The molecule has 0 unspecified atom stereocenters. The second kappa shape index (κ2) is 4.87. The fourth-order valence-electron chi connectivity index (χ4n) is 1.56. The number of nitrogens with two attached hydrogens (primary N) is 1. The standard InChI is InChI=1S/C12H15N5O/c1-3-17-7-9(13)11(16-17)12(18)15-10-6-8(2)4-5-14-10/h4-7H,3,13H2,1-2H3,(H,14,15,18). The summed E-state index contributed by atoms with van der Waals surface area (Å²) < 4.78 is 1.62. The van der Waals surface area contributed by atoms with E-state index >= 15 is 0 Å². The predicted octanol–water partition coefficient (Wildman–Crippen LogP) is 1.44. The SMILES string of the molecule is CCn1cc(N)c(C(=O)Nc2cc(C)ccn2)n1. The predicted molar refractivity (Wildman–Crippen MR) is 69.2 cm³/mol. The first-order valence-corrected chi connectivity index (χ1v) is 5.67. The molecule has 2 rings (SSSR count). The Morgan fingerprint density at radius 1 is 1.56 bits per heavy atom. The number of anilines is 2. The zero-order valence-electron chi connectivity index (χ0n) is 10.3. The van der Waals surface area contributed by atoms with Crippen LogP contribution in [0, 0.1) is 6.92 Å². The summed E-state index contributed by atoms with van der Waals surface area (Å²) in [5, 5.41) is 6.77. The number of hydrogen-bond donors (Lipinski definition) is 2. The number of nitrogens with one attached hydrogen (secondary N) is 1. The largest absolute Gasteiger partial charge is 0.396 e. The summed E-state index contributed by atoms with van der Waals surface area (Å²) in [6.45, 7) is 4.52. The third-order valence-corrected chi connectivity index (χ3v) is 2.49. The van der Waals surface area contributed by atoms with Gasteiger partial charge in [0.05, 0.1) is 5.69 Å². The Bertz CT molecular complexity index is 576. The van der Waals surface area contributed by atoms with Gasteiger partial charge in [0.25, 0.3) is 5.91 Å². The van der Waals surface area contributed by atoms with Crippen LogP contribution in [0.1, 0.15) is 23.0 Å². The van der Waals surface area contributed by atoms with Crippen molar-refractivity contribution in [3.05, 3.63) is 35.8 Å². The molecule has 3 N–H and O–H groups in total. The van der Waals surface area contributed by atoms with Crippen molar-refractivity contribution in [1.82, 2.24) is 14.8 Å². The summed E-state index contributed by atoms with van der Waals surface area (Å²) in [6.07, 6.45) is 3.28. The third kappa shape index (κ3) is 2.48. The Hall–Kier alpha value is -2.37. The molecule has 2 heterocycles. The van der Waals surface area contributed by atoms with Crippen molar-refractivity contribution in [2.45, 2.75) is 20.4 Å². The van der Waals surface area contributed by atoms with Gasteiger partial charge in [-0.25, -0.2) is 4.98 Å². The molecule has 2 aromatic heterocycles. The molecular formula is C12H15N5O. The second-order valence-electron chi connectivity index (χ2n) is 3.96. The monoisotopic (exact) mass is 245 g/mol. The highest BCUT2D eigenvalue weighted by molar-refractivity contribution is 6.05. The normalized spacial score (nSPS) is 10.3. The van der Waals surface area contributed by atoms with Crippen molar-refractivity contribution in [2.24, 2.45) is 0 Å². The van der Waals surface area contributed by atoms with Crippen LogP contribution in [0.25, 0.3) is 0 Å². The molecule has 0 bridgehead atoms. The fourth-order valence-corrected chi connectivity index (χ4v) is 1.56. The van der Waals surface area contributed by atoms with Crippen LogP contribution < -0.4 is 11.1 Å². The molecule has 18 heavy (non-hydrogen) atoms. The first-order valence-electron chi connectivity index (χ1n) is 5.67. The molecule has 6 heteroatoms. The van der Waals surface area contributed by atoms with Crippen molar-refractivity contribution < 1.29 is 4.79 Å². The Morgan fingerprint density at radius 2 is 2.33 bits per heavy atom. The van der Waals surface area contributed by atoms with Gasteiger partial charge in [-0.05, 0) is 31.5 Å². The Morgan fingerprint density at radius 3 is 2.94 bits per heavy atom. The Balaban J connectivity index is 2.19. The Kier molecular flexibility index (Phi) is 3.27. The van der Waals surface area contributed by atoms with Gasteiger partial charge in [0.1, 0.15) is 5.82 Å². The minimum absolute atomic E-state index is 0.222. The lowest BCUT2D eigenvalue weighted by Gasteiger charge is -2.03. The van der Waals surface area contributed by atoms with Crippen LogP contribution in [0.5, 0.6) is 0 Å². The summed E-state index contributed by atoms with van der Waals surface area (Å²) in [6, 6.07) is 3.64. The molecule has 2 aromatic rings. The minimum atomic E-state index is -0.349. The molecular weight excluding hydrogens is 230 g/mol. The highest BCUT2D eigenvalue weighted by atomic mass is 16.2. The molecule has 94 valence electrons. The van der Waals surface area contributed by atoms with Crippen molar-refractivity contribution in [1.29, 1.82) is 0 Å². The van der Waals surface area contributed by atoms with Crippen molar-refractivity contribution in [3.8, 4) is 0 Å². The van der Waals surface area contributed by atoms with Gasteiger partial charge in [-0.15, -0.1) is 0 Å². The van der Waals surface area contributed by atoms with Crippen LogP contribution in [0.4, 0.5) is 11.5 Å². The van der Waals surface area contributed by atoms with Gasteiger partial charge in [0.15, 0.2) is 5.69 Å². The van der Waals surface area contributed by atoms with E-state index in [1.54, 1.807) is 23.1 Å². The van der Waals surface area contributed by atoms with Gasteiger partial charge in [0.2, 0.25) is 0 Å². The van der Waals surface area contributed by atoms with Crippen LogP contribution in [-0.2, 0) is 6.54 Å². The highest BCUT2D eigenvalue weighted by Crippen LogP contribution is 2.12. The van der Waals surface area contributed by atoms with E-state index in [0.29, 0.717) is 18.1 Å². The fraction of sp³-hybridized carbons (Fsp3) is 0.250. The summed E-state index contributed by atoms with van der Waals surface area (Å²) in [4.78, 5) is 16.0. The maximum Gasteiger partial charge on any atom is 0.279 e. The number of aryl methyl sites for hydroxylation is 2. The van der Waals surface area contributed by atoms with E-state index < -0.39 is 0 Å². The maximum absolute atomic E-state index is 12.0. The first kappa shape index (κ1) is 12.1.